The predicted molar refractivity (Wildman–Crippen MR) is 59.6 cm³/mol. The molecule has 1 aromatic rings. The monoisotopic (exact) mass is 202 g/mol. The van der Waals surface area contributed by atoms with Crippen molar-refractivity contribution in [1.29, 1.82) is 0 Å². The molecule has 0 heterocycles. The van der Waals surface area contributed by atoms with E-state index in [4.69, 9.17) is 0 Å². The van der Waals surface area contributed by atoms with Gasteiger partial charge in [0.15, 0.2) is 5.78 Å². The highest BCUT2D eigenvalue weighted by atomic mass is 16.3. The molecule has 0 amide bonds. The van der Waals surface area contributed by atoms with Crippen LogP contribution < -0.4 is 0 Å². The van der Waals surface area contributed by atoms with E-state index in [0.29, 0.717) is 6.42 Å². The minimum absolute atomic E-state index is 0.243. The van der Waals surface area contributed by atoms with E-state index in [2.05, 4.69) is 0 Å². The second-order valence-corrected chi connectivity index (χ2v) is 3.89. The number of ketones is 1. The lowest BCUT2D eigenvalue weighted by atomic mass is 9.92. The molecule has 1 aliphatic carbocycles. The first-order valence-corrected chi connectivity index (χ1v) is 5.28. The Labute approximate surface area is 89.2 Å². The van der Waals surface area contributed by atoms with E-state index in [-0.39, 0.29) is 11.5 Å². The molecule has 1 fully saturated rings. The maximum absolute atomic E-state index is 11.6. The van der Waals surface area contributed by atoms with Crippen LogP contribution in [0, 0.1) is 0 Å². The number of Topliss-reactive ketones (excluding diaryl/α,β-unsaturated/α-hetero) is 1. The first-order chi connectivity index (χ1) is 7.25. The number of phenolic OH excluding ortho intramolecular Hbond substituents is 1. The molecule has 1 aliphatic rings. The van der Waals surface area contributed by atoms with Gasteiger partial charge in [-0.1, -0.05) is 12.1 Å². The quantitative estimate of drug-likeness (QED) is 0.711. The van der Waals surface area contributed by atoms with Gasteiger partial charge in [0.25, 0.3) is 0 Å². The topological polar surface area (TPSA) is 37.3 Å². The first-order valence-electron chi connectivity index (χ1n) is 5.28. The van der Waals surface area contributed by atoms with Gasteiger partial charge >= 0.3 is 0 Å². The molecule has 2 nitrogen and oxygen atoms in total. The van der Waals surface area contributed by atoms with Gasteiger partial charge in [-0.25, -0.2) is 0 Å². The maximum Gasteiger partial charge on any atom is 0.158 e. The average Bonchev–Trinajstić information content (AvgIpc) is 2.22. The van der Waals surface area contributed by atoms with E-state index in [9.17, 15) is 9.90 Å². The zero-order valence-corrected chi connectivity index (χ0v) is 8.57. The van der Waals surface area contributed by atoms with Crippen LogP contribution >= 0.6 is 0 Å². The molecule has 0 spiro atoms. The third-order valence-electron chi connectivity index (χ3n) is 2.67. The van der Waals surface area contributed by atoms with Crippen molar-refractivity contribution in [2.24, 2.45) is 0 Å². The summed E-state index contributed by atoms with van der Waals surface area (Å²) in [5.41, 5.74) is 1.80. The zero-order chi connectivity index (χ0) is 10.7. The molecule has 0 aliphatic heterocycles. The molecule has 0 atom stereocenters. The fourth-order valence-corrected chi connectivity index (χ4v) is 1.87. The van der Waals surface area contributed by atoms with E-state index in [1.54, 1.807) is 18.2 Å². The molecule has 2 rings (SSSR count). The minimum Gasteiger partial charge on any atom is -0.508 e. The van der Waals surface area contributed by atoms with Gasteiger partial charge in [0.05, 0.1) is 0 Å². The van der Waals surface area contributed by atoms with Gasteiger partial charge in [0.1, 0.15) is 5.75 Å². The van der Waals surface area contributed by atoms with Crippen LogP contribution in [0.2, 0.25) is 0 Å². The smallest absolute Gasteiger partial charge is 0.158 e. The second-order valence-electron chi connectivity index (χ2n) is 3.89. The molecule has 1 N–H and O–H groups in total. The van der Waals surface area contributed by atoms with Gasteiger partial charge in [0.2, 0.25) is 0 Å². The van der Waals surface area contributed by atoms with Gasteiger partial charge < -0.3 is 5.11 Å². The Morgan fingerprint density at radius 3 is 2.73 bits per heavy atom. The molecular formula is C13H14O2. The number of hydrogen-bond donors (Lipinski definition) is 1. The lowest BCUT2D eigenvalue weighted by molar-refractivity contribution is -0.116. The second kappa shape index (κ2) is 4.30. The number of rotatable bonds is 1. The zero-order valence-electron chi connectivity index (χ0n) is 8.57. The number of carbonyl (C=O) groups excluding carboxylic acids is 1. The molecule has 78 valence electrons. The van der Waals surface area contributed by atoms with Crippen molar-refractivity contribution in [3.05, 3.63) is 35.4 Å². The van der Waals surface area contributed by atoms with Crippen molar-refractivity contribution in [1.82, 2.24) is 0 Å². The minimum atomic E-state index is 0.243. The summed E-state index contributed by atoms with van der Waals surface area (Å²) in [6, 6.07) is 6.99. The predicted octanol–water partition coefficient (Wildman–Crippen LogP) is 2.92. The Balaban J connectivity index is 2.25. The van der Waals surface area contributed by atoms with Crippen LogP contribution in [-0.4, -0.2) is 10.9 Å². The van der Waals surface area contributed by atoms with Crippen LogP contribution in [0.1, 0.15) is 31.2 Å². The van der Waals surface area contributed by atoms with Crippen LogP contribution in [0.3, 0.4) is 0 Å². The van der Waals surface area contributed by atoms with Crippen molar-refractivity contribution in [2.45, 2.75) is 25.7 Å². The fraction of sp³-hybridized carbons (Fsp3) is 0.308. The van der Waals surface area contributed by atoms with Gasteiger partial charge in [-0.2, -0.15) is 0 Å². The number of phenols is 1. The van der Waals surface area contributed by atoms with Crippen molar-refractivity contribution < 1.29 is 9.90 Å². The Bertz CT molecular complexity index is 405. The first kappa shape index (κ1) is 9.97. The summed E-state index contributed by atoms with van der Waals surface area (Å²) >= 11 is 0. The van der Waals surface area contributed by atoms with Crippen LogP contribution in [0.4, 0.5) is 0 Å². The molecule has 0 aromatic heterocycles. The Hall–Kier alpha value is -1.57. The van der Waals surface area contributed by atoms with Gasteiger partial charge in [0, 0.05) is 6.42 Å². The highest BCUT2D eigenvalue weighted by Crippen LogP contribution is 2.23. The van der Waals surface area contributed by atoms with Crippen LogP contribution in [0.25, 0.3) is 6.08 Å². The third-order valence-corrected chi connectivity index (χ3v) is 2.67. The summed E-state index contributed by atoms with van der Waals surface area (Å²) in [5, 5.41) is 9.29. The summed E-state index contributed by atoms with van der Waals surface area (Å²) in [6.45, 7) is 0. The summed E-state index contributed by atoms with van der Waals surface area (Å²) in [7, 11) is 0. The Morgan fingerprint density at radius 1 is 1.20 bits per heavy atom. The number of allylic oxidation sites excluding steroid dienone is 1. The SMILES string of the molecule is O=C1CCCC/C1=C/c1cccc(O)c1. The number of aromatic hydroxyl groups is 1. The summed E-state index contributed by atoms with van der Waals surface area (Å²) in [5.74, 6) is 0.497. The van der Waals surface area contributed by atoms with Gasteiger partial charge in [-0.05, 0) is 48.6 Å². The standard InChI is InChI=1S/C13H14O2/c14-12-6-3-4-10(9-12)8-11-5-1-2-7-13(11)15/h3-4,6,8-9,14H,1-2,5,7H2/b11-8-. The van der Waals surface area contributed by atoms with Gasteiger partial charge in [-0.3, -0.25) is 4.79 Å². The van der Waals surface area contributed by atoms with E-state index in [1.807, 2.05) is 12.1 Å². The highest BCUT2D eigenvalue weighted by molar-refractivity contribution is 6.00. The molecule has 1 aromatic carbocycles. The Morgan fingerprint density at radius 2 is 2.00 bits per heavy atom. The lowest BCUT2D eigenvalue weighted by Crippen LogP contribution is -2.07. The van der Waals surface area contributed by atoms with Crippen LogP contribution in [0.5, 0.6) is 5.75 Å². The van der Waals surface area contributed by atoms with Crippen molar-refractivity contribution in [3.8, 4) is 5.75 Å². The van der Waals surface area contributed by atoms with E-state index < -0.39 is 0 Å². The normalized spacial score (nSPS) is 19.5. The molecule has 0 radical (unpaired) electrons. The molecule has 15 heavy (non-hydrogen) atoms. The number of benzene rings is 1. The summed E-state index contributed by atoms with van der Waals surface area (Å²) in [6.07, 6.45) is 5.53. The Kier molecular flexibility index (Phi) is 2.86. The van der Waals surface area contributed by atoms with Crippen LogP contribution in [-0.2, 0) is 4.79 Å². The molecular weight excluding hydrogens is 188 g/mol. The highest BCUT2D eigenvalue weighted by Gasteiger charge is 2.14. The summed E-state index contributed by atoms with van der Waals surface area (Å²) < 4.78 is 0. The maximum atomic E-state index is 11.6. The molecule has 1 saturated carbocycles. The van der Waals surface area contributed by atoms with E-state index in [1.165, 1.54) is 0 Å². The third kappa shape index (κ3) is 2.46. The van der Waals surface area contributed by atoms with Crippen molar-refractivity contribution in [2.75, 3.05) is 0 Å². The van der Waals surface area contributed by atoms with E-state index >= 15 is 0 Å². The average molecular weight is 202 g/mol. The van der Waals surface area contributed by atoms with Crippen molar-refractivity contribution >= 4 is 11.9 Å². The number of carbonyl (C=O) groups is 1. The molecule has 0 saturated heterocycles. The summed E-state index contributed by atoms with van der Waals surface area (Å²) in [4.78, 5) is 11.6. The molecule has 0 bridgehead atoms. The largest absolute Gasteiger partial charge is 0.508 e. The molecule has 0 unspecified atom stereocenters. The molecule has 2 heteroatoms. The van der Waals surface area contributed by atoms with Crippen molar-refractivity contribution in [3.63, 3.8) is 0 Å². The lowest BCUT2D eigenvalue weighted by Gasteiger charge is -2.12. The number of hydrogen-bond acceptors (Lipinski definition) is 2. The fourth-order valence-electron chi connectivity index (χ4n) is 1.87. The van der Waals surface area contributed by atoms with Crippen LogP contribution in [0.15, 0.2) is 29.8 Å². The van der Waals surface area contributed by atoms with Gasteiger partial charge in [-0.15, -0.1) is 0 Å². The van der Waals surface area contributed by atoms with E-state index in [0.717, 1.165) is 30.4 Å².